The van der Waals surface area contributed by atoms with E-state index in [1.165, 1.54) is 7.11 Å². The second-order valence-electron chi connectivity index (χ2n) is 6.05. The Labute approximate surface area is 110 Å². The van der Waals surface area contributed by atoms with Crippen LogP contribution in [0.2, 0.25) is 0 Å². The molecule has 0 N–H and O–H groups in total. The lowest BCUT2D eigenvalue weighted by atomic mass is 9.82. The molecule has 4 heteroatoms. The van der Waals surface area contributed by atoms with Gasteiger partial charge in [0.15, 0.2) is 0 Å². The molecule has 0 bridgehead atoms. The molecule has 0 aromatic heterocycles. The third-order valence-corrected chi connectivity index (χ3v) is 3.63. The topological polar surface area (TPSA) is 46.6 Å². The smallest absolute Gasteiger partial charge is 0.328 e. The normalized spacial score (nSPS) is 22.2. The van der Waals surface area contributed by atoms with Gasteiger partial charge in [0, 0.05) is 12.5 Å². The van der Waals surface area contributed by atoms with Crippen molar-refractivity contribution in [1.82, 2.24) is 4.90 Å². The van der Waals surface area contributed by atoms with Crippen LogP contribution in [0.4, 0.5) is 0 Å². The average Bonchev–Trinajstić information content (AvgIpc) is 2.65. The fourth-order valence-corrected chi connectivity index (χ4v) is 2.72. The monoisotopic (exact) mass is 255 g/mol. The van der Waals surface area contributed by atoms with Crippen molar-refractivity contribution in [2.75, 3.05) is 7.11 Å². The van der Waals surface area contributed by atoms with E-state index in [1.807, 2.05) is 0 Å². The minimum absolute atomic E-state index is 0.0255. The van der Waals surface area contributed by atoms with Gasteiger partial charge in [-0.2, -0.15) is 0 Å². The van der Waals surface area contributed by atoms with Gasteiger partial charge in [0.1, 0.15) is 6.04 Å². The Morgan fingerprint density at radius 3 is 2.56 bits per heavy atom. The van der Waals surface area contributed by atoms with Crippen molar-refractivity contribution in [3.63, 3.8) is 0 Å². The van der Waals surface area contributed by atoms with Crippen molar-refractivity contribution in [2.24, 2.45) is 5.41 Å². The maximum absolute atomic E-state index is 12.1. The number of amides is 1. The van der Waals surface area contributed by atoms with Crippen LogP contribution in [0.25, 0.3) is 0 Å². The Morgan fingerprint density at radius 2 is 2.11 bits per heavy atom. The highest BCUT2D eigenvalue weighted by Crippen LogP contribution is 2.34. The molecular weight excluding hydrogens is 230 g/mol. The van der Waals surface area contributed by atoms with Gasteiger partial charge in [0.2, 0.25) is 5.91 Å². The molecular formula is C14H25NO3. The first-order valence-corrected chi connectivity index (χ1v) is 6.72. The van der Waals surface area contributed by atoms with Gasteiger partial charge in [0.25, 0.3) is 0 Å². The van der Waals surface area contributed by atoms with E-state index in [9.17, 15) is 9.59 Å². The van der Waals surface area contributed by atoms with Crippen LogP contribution in [0.15, 0.2) is 0 Å². The number of carbonyl (C=O) groups is 2. The van der Waals surface area contributed by atoms with E-state index in [0.29, 0.717) is 12.8 Å². The molecule has 1 amide bonds. The van der Waals surface area contributed by atoms with E-state index in [2.05, 4.69) is 27.7 Å². The summed E-state index contributed by atoms with van der Waals surface area (Å²) < 4.78 is 4.82. The van der Waals surface area contributed by atoms with Gasteiger partial charge in [-0.15, -0.1) is 0 Å². The molecule has 1 aliphatic heterocycles. The van der Waals surface area contributed by atoms with Crippen molar-refractivity contribution < 1.29 is 14.3 Å². The summed E-state index contributed by atoms with van der Waals surface area (Å²) in [5.41, 5.74) is -0.0255. The summed E-state index contributed by atoms with van der Waals surface area (Å²) in [6, 6.07) is -0.292. The number of rotatable bonds is 4. The second-order valence-corrected chi connectivity index (χ2v) is 6.05. The summed E-state index contributed by atoms with van der Waals surface area (Å²) in [5.74, 6) is -0.204. The zero-order valence-corrected chi connectivity index (χ0v) is 12.2. The molecule has 0 aromatic carbocycles. The SMILES string of the molecule is CCCC(N1C(=O)CCC1C(=O)OC)C(C)(C)C. The Hall–Kier alpha value is -1.06. The largest absolute Gasteiger partial charge is 0.467 e. The molecule has 4 nitrogen and oxygen atoms in total. The van der Waals surface area contributed by atoms with Gasteiger partial charge in [0.05, 0.1) is 7.11 Å². The van der Waals surface area contributed by atoms with Gasteiger partial charge in [-0.1, -0.05) is 34.1 Å². The van der Waals surface area contributed by atoms with Crippen LogP contribution in [0.3, 0.4) is 0 Å². The third-order valence-electron chi connectivity index (χ3n) is 3.63. The van der Waals surface area contributed by atoms with E-state index in [0.717, 1.165) is 12.8 Å². The van der Waals surface area contributed by atoms with Crippen molar-refractivity contribution in [3.05, 3.63) is 0 Å². The number of esters is 1. The lowest BCUT2D eigenvalue weighted by molar-refractivity contribution is -0.152. The predicted octanol–water partition coefficient (Wildman–Crippen LogP) is 2.37. The molecule has 1 saturated heterocycles. The van der Waals surface area contributed by atoms with Crippen LogP contribution in [0.1, 0.15) is 53.4 Å². The van der Waals surface area contributed by atoms with Crippen molar-refractivity contribution in [3.8, 4) is 0 Å². The molecule has 104 valence electrons. The number of carbonyl (C=O) groups excluding carboxylic acids is 2. The van der Waals surface area contributed by atoms with Crippen molar-refractivity contribution >= 4 is 11.9 Å². The van der Waals surface area contributed by atoms with Gasteiger partial charge in [-0.05, 0) is 18.3 Å². The molecule has 0 saturated carbocycles. The van der Waals surface area contributed by atoms with Crippen LogP contribution in [0, 0.1) is 5.41 Å². The van der Waals surface area contributed by atoms with E-state index in [1.54, 1.807) is 4.90 Å². The van der Waals surface area contributed by atoms with E-state index in [-0.39, 0.29) is 23.3 Å². The summed E-state index contributed by atoms with van der Waals surface area (Å²) in [4.78, 5) is 25.6. The zero-order valence-electron chi connectivity index (χ0n) is 12.2. The van der Waals surface area contributed by atoms with E-state index in [4.69, 9.17) is 4.74 Å². The summed E-state index contributed by atoms with van der Waals surface area (Å²) in [6.45, 7) is 8.46. The molecule has 2 unspecified atom stereocenters. The van der Waals surface area contributed by atoms with Gasteiger partial charge < -0.3 is 9.64 Å². The fraction of sp³-hybridized carbons (Fsp3) is 0.857. The lowest BCUT2D eigenvalue weighted by Gasteiger charge is -2.40. The minimum Gasteiger partial charge on any atom is -0.467 e. The molecule has 0 aliphatic carbocycles. The first kappa shape index (κ1) is 15.0. The summed E-state index contributed by atoms with van der Waals surface area (Å²) in [7, 11) is 1.38. The molecule has 1 aliphatic rings. The third kappa shape index (κ3) is 3.03. The highest BCUT2D eigenvalue weighted by atomic mass is 16.5. The molecule has 2 atom stereocenters. The quantitative estimate of drug-likeness (QED) is 0.724. The number of nitrogens with zero attached hydrogens (tertiary/aromatic N) is 1. The molecule has 18 heavy (non-hydrogen) atoms. The van der Waals surface area contributed by atoms with Crippen LogP contribution in [0.5, 0.6) is 0 Å². The summed E-state index contributed by atoms with van der Waals surface area (Å²) >= 11 is 0. The fourth-order valence-electron chi connectivity index (χ4n) is 2.72. The second kappa shape index (κ2) is 5.72. The predicted molar refractivity (Wildman–Crippen MR) is 70.0 cm³/mol. The highest BCUT2D eigenvalue weighted by molar-refractivity contribution is 5.88. The minimum atomic E-state index is -0.390. The van der Waals surface area contributed by atoms with Gasteiger partial charge in [-0.25, -0.2) is 4.79 Å². The maximum atomic E-state index is 12.1. The molecule has 1 heterocycles. The number of methoxy groups -OCH3 is 1. The molecule has 1 fully saturated rings. The van der Waals surface area contributed by atoms with Gasteiger partial charge >= 0.3 is 5.97 Å². The van der Waals surface area contributed by atoms with Crippen LogP contribution in [-0.2, 0) is 14.3 Å². The summed E-state index contributed by atoms with van der Waals surface area (Å²) in [6.07, 6.45) is 2.96. The first-order chi connectivity index (χ1) is 8.32. The maximum Gasteiger partial charge on any atom is 0.328 e. The van der Waals surface area contributed by atoms with Crippen molar-refractivity contribution in [2.45, 2.75) is 65.5 Å². The lowest BCUT2D eigenvalue weighted by Crippen LogP contribution is -2.51. The molecule has 0 aromatic rings. The van der Waals surface area contributed by atoms with Crippen LogP contribution in [-0.4, -0.2) is 36.0 Å². The highest BCUT2D eigenvalue weighted by Gasteiger charge is 2.44. The number of likely N-dealkylation sites (tertiary alicyclic amines) is 1. The van der Waals surface area contributed by atoms with Crippen molar-refractivity contribution in [1.29, 1.82) is 0 Å². The van der Waals surface area contributed by atoms with E-state index < -0.39 is 6.04 Å². The first-order valence-electron chi connectivity index (χ1n) is 6.72. The van der Waals surface area contributed by atoms with Crippen LogP contribution < -0.4 is 0 Å². The average molecular weight is 255 g/mol. The number of hydrogen-bond acceptors (Lipinski definition) is 3. The number of hydrogen-bond donors (Lipinski definition) is 0. The van der Waals surface area contributed by atoms with Crippen LogP contribution >= 0.6 is 0 Å². The number of ether oxygens (including phenoxy) is 1. The Morgan fingerprint density at radius 1 is 1.50 bits per heavy atom. The Bertz CT molecular complexity index is 319. The summed E-state index contributed by atoms with van der Waals surface area (Å²) in [5, 5.41) is 0. The molecule has 0 radical (unpaired) electrons. The van der Waals surface area contributed by atoms with Gasteiger partial charge in [-0.3, -0.25) is 4.79 Å². The zero-order chi connectivity index (χ0) is 13.9. The molecule has 0 spiro atoms. The Kier molecular flexibility index (Phi) is 4.77. The molecule has 1 rings (SSSR count). The standard InChI is InChI=1S/C14H25NO3/c1-6-7-11(14(2,3)4)15-10(13(17)18-5)8-9-12(15)16/h10-11H,6-9H2,1-5H3. The van der Waals surface area contributed by atoms with E-state index >= 15 is 0 Å². The Balaban J connectivity index is 2.99.